The molecule has 0 aliphatic rings. The Balaban J connectivity index is 2.55. The summed E-state index contributed by atoms with van der Waals surface area (Å²) in [6.45, 7) is 5.09. The van der Waals surface area contributed by atoms with Crippen LogP contribution in [0.4, 0.5) is 9.18 Å². The summed E-state index contributed by atoms with van der Waals surface area (Å²) < 4.78 is 20.2. The van der Waals surface area contributed by atoms with E-state index in [1.807, 2.05) is 0 Å². The fourth-order valence-electron chi connectivity index (χ4n) is 1.35. The SMILES string of the molecule is Cn1cnn(CC(=CF)CNC(=O)OC(C)(C)C)c1=O. The standard InChI is InChI=1S/C12H19FN4O3/c1-12(2,3)20-10(18)14-6-9(5-13)7-17-11(19)16(4)8-15-17/h5,8H,6-7H2,1-4H3,(H,14,18). The number of nitrogens with one attached hydrogen (secondary N) is 1. The third-order valence-corrected chi connectivity index (χ3v) is 2.25. The predicted molar refractivity (Wildman–Crippen MR) is 70.9 cm³/mol. The number of aryl methyl sites for hydroxylation is 1. The normalized spacial score (nSPS) is 12.3. The van der Waals surface area contributed by atoms with Crippen molar-refractivity contribution in [2.45, 2.75) is 32.9 Å². The van der Waals surface area contributed by atoms with Crippen molar-refractivity contribution in [2.24, 2.45) is 7.05 Å². The first-order valence-electron chi connectivity index (χ1n) is 6.06. The summed E-state index contributed by atoms with van der Waals surface area (Å²) in [7, 11) is 1.55. The lowest BCUT2D eigenvalue weighted by molar-refractivity contribution is 0.0532. The number of hydrogen-bond donors (Lipinski definition) is 1. The van der Waals surface area contributed by atoms with Crippen LogP contribution in [0.1, 0.15) is 20.8 Å². The van der Waals surface area contributed by atoms with Gasteiger partial charge in [0.1, 0.15) is 11.9 Å². The second kappa shape index (κ2) is 6.36. The van der Waals surface area contributed by atoms with Gasteiger partial charge in [0.05, 0.1) is 12.9 Å². The fourth-order valence-corrected chi connectivity index (χ4v) is 1.35. The minimum absolute atomic E-state index is 0.0357. The highest BCUT2D eigenvalue weighted by atomic mass is 19.1. The van der Waals surface area contributed by atoms with E-state index < -0.39 is 11.7 Å². The largest absolute Gasteiger partial charge is 0.444 e. The van der Waals surface area contributed by atoms with Gasteiger partial charge in [0.15, 0.2) is 0 Å². The van der Waals surface area contributed by atoms with Gasteiger partial charge in [0.2, 0.25) is 0 Å². The molecular weight excluding hydrogens is 267 g/mol. The number of rotatable bonds is 4. The molecule has 1 aromatic heterocycles. The summed E-state index contributed by atoms with van der Waals surface area (Å²) >= 11 is 0. The number of carbonyl (C=O) groups is 1. The van der Waals surface area contributed by atoms with E-state index in [-0.39, 0.29) is 24.4 Å². The van der Waals surface area contributed by atoms with Crippen LogP contribution in [-0.4, -0.2) is 32.6 Å². The number of halogens is 1. The summed E-state index contributed by atoms with van der Waals surface area (Å²) in [6, 6.07) is 0. The Bertz CT molecular complexity index is 554. The number of hydrogen-bond acceptors (Lipinski definition) is 4. The van der Waals surface area contributed by atoms with E-state index in [2.05, 4.69) is 10.4 Å². The number of amides is 1. The number of aromatic nitrogens is 3. The molecule has 112 valence electrons. The van der Waals surface area contributed by atoms with Crippen molar-refractivity contribution in [3.8, 4) is 0 Å². The molecule has 0 aliphatic heterocycles. The lowest BCUT2D eigenvalue weighted by Crippen LogP contribution is -2.34. The summed E-state index contributed by atoms with van der Waals surface area (Å²) in [6.07, 6.45) is 1.03. The summed E-state index contributed by atoms with van der Waals surface area (Å²) in [5.74, 6) is 0. The van der Waals surface area contributed by atoms with Crippen LogP contribution in [0, 0.1) is 0 Å². The van der Waals surface area contributed by atoms with E-state index in [0.29, 0.717) is 6.33 Å². The molecule has 1 amide bonds. The second-order valence-electron chi connectivity index (χ2n) is 5.30. The van der Waals surface area contributed by atoms with E-state index in [0.717, 1.165) is 4.68 Å². The van der Waals surface area contributed by atoms with Gasteiger partial charge in [-0.2, -0.15) is 5.10 Å². The molecule has 1 N–H and O–H groups in total. The lowest BCUT2D eigenvalue weighted by atomic mass is 10.2. The quantitative estimate of drug-likeness (QED) is 0.894. The fraction of sp³-hybridized carbons (Fsp3) is 0.583. The Kier molecular flexibility index (Phi) is 5.06. The molecule has 0 saturated heterocycles. The maximum atomic E-state index is 12.8. The third kappa shape index (κ3) is 4.87. The van der Waals surface area contributed by atoms with Crippen LogP contribution in [0.3, 0.4) is 0 Å². The average molecular weight is 286 g/mol. The van der Waals surface area contributed by atoms with Crippen LogP contribution < -0.4 is 11.0 Å². The molecule has 7 nitrogen and oxygen atoms in total. The molecule has 20 heavy (non-hydrogen) atoms. The molecule has 8 heteroatoms. The molecule has 0 aromatic carbocycles. The van der Waals surface area contributed by atoms with E-state index >= 15 is 0 Å². The number of alkyl carbamates (subject to hydrolysis) is 1. The van der Waals surface area contributed by atoms with Gasteiger partial charge >= 0.3 is 11.8 Å². The van der Waals surface area contributed by atoms with Crippen molar-refractivity contribution >= 4 is 6.09 Å². The van der Waals surface area contributed by atoms with E-state index in [9.17, 15) is 14.0 Å². The monoisotopic (exact) mass is 286 g/mol. The molecule has 1 heterocycles. The summed E-state index contributed by atoms with van der Waals surface area (Å²) in [4.78, 5) is 23.0. The average Bonchev–Trinajstić information content (AvgIpc) is 2.63. The van der Waals surface area contributed by atoms with Crippen LogP contribution in [0.5, 0.6) is 0 Å². The molecule has 0 fully saturated rings. The molecule has 0 spiro atoms. The highest BCUT2D eigenvalue weighted by molar-refractivity contribution is 5.67. The van der Waals surface area contributed by atoms with Gasteiger partial charge in [0.25, 0.3) is 0 Å². The predicted octanol–water partition coefficient (Wildman–Crippen LogP) is 0.960. The Hall–Kier alpha value is -2.12. The first-order valence-corrected chi connectivity index (χ1v) is 6.06. The summed E-state index contributed by atoms with van der Waals surface area (Å²) in [5.41, 5.74) is -0.778. The molecular formula is C12H19FN4O3. The van der Waals surface area contributed by atoms with Crippen molar-refractivity contribution in [2.75, 3.05) is 6.54 Å². The summed E-state index contributed by atoms with van der Waals surface area (Å²) in [5, 5.41) is 6.22. The van der Waals surface area contributed by atoms with Crippen LogP contribution in [0.2, 0.25) is 0 Å². The van der Waals surface area contributed by atoms with E-state index in [4.69, 9.17) is 4.74 Å². The van der Waals surface area contributed by atoms with Crippen LogP contribution in [0.15, 0.2) is 23.0 Å². The van der Waals surface area contributed by atoms with Gasteiger partial charge < -0.3 is 10.1 Å². The smallest absolute Gasteiger partial charge is 0.407 e. The zero-order valence-electron chi connectivity index (χ0n) is 12.0. The van der Waals surface area contributed by atoms with Crippen molar-refractivity contribution in [1.82, 2.24) is 19.7 Å². The first kappa shape index (κ1) is 15.9. The third-order valence-electron chi connectivity index (χ3n) is 2.25. The molecule has 0 radical (unpaired) electrons. The maximum Gasteiger partial charge on any atom is 0.407 e. The first-order chi connectivity index (χ1) is 9.23. The van der Waals surface area contributed by atoms with Gasteiger partial charge in [-0.25, -0.2) is 18.7 Å². The number of carbonyl (C=O) groups excluding carboxylic acids is 1. The minimum atomic E-state index is -0.648. The van der Waals surface area contributed by atoms with Crippen molar-refractivity contribution in [3.63, 3.8) is 0 Å². The molecule has 0 atom stereocenters. The highest BCUT2D eigenvalue weighted by Gasteiger charge is 2.16. The van der Waals surface area contributed by atoms with Gasteiger partial charge in [0, 0.05) is 13.6 Å². The Morgan fingerprint density at radius 2 is 2.20 bits per heavy atom. The molecule has 1 aromatic rings. The van der Waals surface area contributed by atoms with E-state index in [1.54, 1.807) is 27.8 Å². The molecule has 1 rings (SSSR count). The second-order valence-corrected chi connectivity index (χ2v) is 5.30. The van der Waals surface area contributed by atoms with Gasteiger partial charge in [-0.1, -0.05) is 0 Å². The van der Waals surface area contributed by atoms with Crippen molar-refractivity contribution < 1.29 is 13.9 Å². The number of ether oxygens (including phenoxy) is 1. The van der Waals surface area contributed by atoms with Crippen LogP contribution in [-0.2, 0) is 18.3 Å². The zero-order chi connectivity index (χ0) is 15.3. The Morgan fingerprint density at radius 1 is 1.55 bits per heavy atom. The van der Waals surface area contributed by atoms with Gasteiger partial charge in [-0.3, -0.25) is 4.57 Å². The minimum Gasteiger partial charge on any atom is -0.444 e. The van der Waals surface area contributed by atoms with Crippen molar-refractivity contribution in [3.05, 3.63) is 28.7 Å². The molecule has 0 aliphatic carbocycles. The molecule has 0 bridgehead atoms. The van der Waals surface area contributed by atoms with E-state index in [1.165, 1.54) is 10.9 Å². The number of nitrogens with zero attached hydrogens (tertiary/aromatic N) is 3. The van der Waals surface area contributed by atoms with Gasteiger partial charge in [-0.05, 0) is 26.3 Å². The van der Waals surface area contributed by atoms with Crippen molar-refractivity contribution in [1.29, 1.82) is 0 Å². The van der Waals surface area contributed by atoms with Crippen LogP contribution in [0.25, 0.3) is 0 Å². The molecule has 0 unspecified atom stereocenters. The molecule has 0 saturated carbocycles. The highest BCUT2D eigenvalue weighted by Crippen LogP contribution is 2.06. The zero-order valence-corrected chi connectivity index (χ0v) is 12.0. The van der Waals surface area contributed by atoms with Gasteiger partial charge in [-0.15, -0.1) is 0 Å². The Morgan fingerprint density at radius 3 is 2.65 bits per heavy atom. The maximum absolute atomic E-state index is 12.8. The van der Waals surface area contributed by atoms with Crippen LogP contribution >= 0.6 is 0 Å². The topological polar surface area (TPSA) is 78.2 Å². The lowest BCUT2D eigenvalue weighted by Gasteiger charge is -2.19. The Labute approximate surface area is 116 Å².